The third-order valence-corrected chi connectivity index (χ3v) is 5.58. The Hall–Kier alpha value is -1.47. The van der Waals surface area contributed by atoms with Crippen LogP contribution in [0.25, 0.3) is 21.3 Å². The van der Waals surface area contributed by atoms with Gasteiger partial charge in [0.25, 0.3) is 0 Å². The van der Waals surface area contributed by atoms with Crippen molar-refractivity contribution < 1.29 is 4.79 Å². The number of aromatic nitrogens is 3. The molecule has 0 radical (unpaired) electrons. The maximum Gasteiger partial charge on any atom is 0.223 e. The Morgan fingerprint density at radius 2 is 2.29 bits per heavy atom. The summed E-state index contributed by atoms with van der Waals surface area (Å²) in [6, 6.07) is 2.02. The van der Waals surface area contributed by atoms with Crippen molar-refractivity contribution in [2.75, 3.05) is 6.54 Å². The maximum absolute atomic E-state index is 11.8. The molecule has 7 heteroatoms. The first-order valence-corrected chi connectivity index (χ1v) is 8.41. The number of likely N-dealkylation sites (tertiary alicyclic amines) is 1. The molecule has 4 rings (SSSR count). The van der Waals surface area contributed by atoms with Crippen LogP contribution in [0.4, 0.5) is 0 Å². The first-order chi connectivity index (χ1) is 10.1. The van der Waals surface area contributed by atoms with Crippen LogP contribution in [0.2, 0.25) is 0 Å². The van der Waals surface area contributed by atoms with Crippen LogP contribution in [0.3, 0.4) is 0 Å². The zero-order valence-corrected chi connectivity index (χ0v) is 13.9. The number of hydrogen-bond donors (Lipinski definition) is 0. The number of amides is 1. The van der Waals surface area contributed by atoms with Gasteiger partial charge in [0.1, 0.15) is 11.3 Å². The molecule has 21 heavy (non-hydrogen) atoms. The topological polar surface area (TPSA) is 51.0 Å². The van der Waals surface area contributed by atoms with Crippen molar-refractivity contribution in [3.8, 4) is 0 Å². The first-order valence-electron chi connectivity index (χ1n) is 6.80. The number of nitrogens with zero attached hydrogens (tertiary/aromatic N) is 4. The van der Waals surface area contributed by atoms with Crippen LogP contribution in [0.15, 0.2) is 16.0 Å². The lowest BCUT2D eigenvalue weighted by Crippen LogP contribution is -2.25. The molecule has 0 aromatic carbocycles. The molecule has 4 heterocycles. The molecular formula is C14H13BrN4OS. The third-order valence-electron chi connectivity index (χ3n) is 3.94. The van der Waals surface area contributed by atoms with E-state index in [0.717, 1.165) is 43.8 Å². The molecule has 1 saturated heterocycles. The molecule has 1 aliphatic rings. The molecular weight excluding hydrogens is 352 g/mol. The number of halogens is 1. The van der Waals surface area contributed by atoms with E-state index in [-0.39, 0.29) is 5.91 Å². The standard InChI is InChI=1S/C14H13BrN4OS/c1-18-11(7-19-4-2-3-12(19)20)17-9-6-16-8-5-10(15)21-14(8)13(9)18/h5-6H,2-4,7H2,1H3. The van der Waals surface area contributed by atoms with Crippen molar-refractivity contribution in [2.45, 2.75) is 19.4 Å². The second kappa shape index (κ2) is 4.78. The predicted octanol–water partition coefficient (Wildman–Crippen LogP) is 3.07. The lowest BCUT2D eigenvalue weighted by atomic mass is 10.3. The van der Waals surface area contributed by atoms with Crippen molar-refractivity contribution in [3.63, 3.8) is 0 Å². The van der Waals surface area contributed by atoms with E-state index in [4.69, 9.17) is 0 Å². The van der Waals surface area contributed by atoms with Gasteiger partial charge < -0.3 is 9.47 Å². The Kier molecular flexibility index (Phi) is 3.00. The molecule has 1 aliphatic heterocycles. The van der Waals surface area contributed by atoms with Crippen LogP contribution in [0.1, 0.15) is 18.7 Å². The number of fused-ring (bicyclic) bond motifs is 3. The molecule has 0 atom stereocenters. The summed E-state index contributed by atoms with van der Waals surface area (Å²) in [5.41, 5.74) is 2.96. The highest BCUT2D eigenvalue weighted by Crippen LogP contribution is 2.34. The van der Waals surface area contributed by atoms with Crippen molar-refractivity contribution in [1.29, 1.82) is 0 Å². The summed E-state index contributed by atoms with van der Waals surface area (Å²) in [4.78, 5) is 22.8. The highest BCUT2D eigenvalue weighted by atomic mass is 79.9. The molecule has 0 unspecified atom stereocenters. The van der Waals surface area contributed by atoms with Crippen molar-refractivity contribution in [2.24, 2.45) is 7.05 Å². The lowest BCUT2D eigenvalue weighted by Gasteiger charge is -2.14. The number of carbonyl (C=O) groups is 1. The van der Waals surface area contributed by atoms with E-state index >= 15 is 0 Å². The Balaban J connectivity index is 1.85. The Morgan fingerprint density at radius 1 is 1.43 bits per heavy atom. The van der Waals surface area contributed by atoms with Crippen LogP contribution in [0, 0.1) is 0 Å². The number of rotatable bonds is 2. The minimum atomic E-state index is 0.226. The smallest absolute Gasteiger partial charge is 0.223 e. The molecule has 3 aromatic rings. The van der Waals surface area contributed by atoms with Gasteiger partial charge in [-0.1, -0.05) is 0 Å². The number of imidazole rings is 1. The quantitative estimate of drug-likeness (QED) is 0.701. The molecule has 0 spiro atoms. The zero-order valence-electron chi connectivity index (χ0n) is 11.5. The fourth-order valence-electron chi connectivity index (χ4n) is 2.86. The average molecular weight is 365 g/mol. The first kappa shape index (κ1) is 13.2. The average Bonchev–Trinajstić information content (AvgIpc) is 3.10. The summed E-state index contributed by atoms with van der Waals surface area (Å²) < 4.78 is 4.29. The second-order valence-corrected chi connectivity index (χ2v) is 7.69. The molecule has 0 N–H and O–H groups in total. The van der Waals surface area contributed by atoms with E-state index in [2.05, 4.69) is 30.5 Å². The summed E-state index contributed by atoms with van der Waals surface area (Å²) in [7, 11) is 2.01. The van der Waals surface area contributed by atoms with Gasteiger partial charge in [0.2, 0.25) is 5.91 Å². The second-order valence-electron chi connectivity index (χ2n) is 5.26. The molecule has 0 saturated carbocycles. The van der Waals surface area contributed by atoms with E-state index in [1.165, 1.54) is 0 Å². The molecule has 5 nitrogen and oxygen atoms in total. The summed E-state index contributed by atoms with van der Waals surface area (Å²) in [5, 5.41) is 0. The van der Waals surface area contributed by atoms with Crippen LogP contribution in [-0.2, 0) is 18.4 Å². The van der Waals surface area contributed by atoms with Crippen molar-refractivity contribution in [3.05, 3.63) is 21.9 Å². The van der Waals surface area contributed by atoms with E-state index in [1.807, 2.05) is 24.2 Å². The maximum atomic E-state index is 11.8. The Morgan fingerprint density at radius 3 is 3.05 bits per heavy atom. The minimum absolute atomic E-state index is 0.226. The van der Waals surface area contributed by atoms with E-state index in [9.17, 15) is 4.79 Å². The van der Waals surface area contributed by atoms with E-state index in [1.54, 1.807) is 11.3 Å². The number of thiophene rings is 1. The van der Waals surface area contributed by atoms with Crippen molar-refractivity contribution >= 4 is 54.4 Å². The van der Waals surface area contributed by atoms with Gasteiger partial charge in [0.15, 0.2) is 0 Å². The molecule has 0 aliphatic carbocycles. The fourth-order valence-corrected chi connectivity index (χ4v) is 4.48. The van der Waals surface area contributed by atoms with Gasteiger partial charge in [-0.25, -0.2) is 4.98 Å². The Labute approximate surface area is 133 Å². The van der Waals surface area contributed by atoms with Gasteiger partial charge in [-0.05, 0) is 28.4 Å². The molecule has 108 valence electrons. The normalized spacial score (nSPS) is 15.7. The van der Waals surface area contributed by atoms with Gasteiger partial charge in [-0.15, -0.1) is 11.3 Å². The number of aryl methyl sites for hydroxylation is 1. The molecule has 1 amide bonds. The largest absolute Gasteiger partial charge is 0.335 e. The van der Waals surface area contributed by atoms with Crippen LogP contribution in [-0.4, -0.2) is 31.9 Å². The van der Waals surface area contributed by atoms with Gasteiger partial charge >= 0.3 is 0 Å². The monoisotopic (exact) mass is 364 g/mol. The summed E-state index contributed by atoms with van der Waals surface area (Å²) >= 11 is 5.18. The van der Waals surface area contributed by atoms with E-state index < -0.39 is 0 Å². The van der Waals surface area contributed by atoms with Gasteiger partial charge in [0, 0.05) is 20.0 Å². The van der Waals surface area contributed by atoms with Crippen LogP contribution in [0.5, 0.6) is 0 Å². The highest BCUT2D eigenvalue weighted by molar-refractivity contribution is 9.11. The van der Waals surface area contributed by atoms with Gasteiger partial charge in [0.05, 0.1) is 32.3 Å². The summed E-state index contributed by atoms with van der Waals surface area (Å²) in [5.74, 6) is 1.14. The highest BCUT2D eigenvalue weighted by Gasteiger charge is 2.23. The fraction of sp³-hybridized carbons (Fsp3) is 0.357. The zero-order chi connectivity index (χ0) is 14.6. The van der Waals surface area contributed by atoms with Gasteiger partial charge in [-0.3, -0.25) is 9.78 Å². The molecule has 3 aromatic heterocycles. The molecule has 1 fully saturated rings. The third kappa shape index (κ3) is 2.06. The summed E-state index contributed by atoms with van der Waals surface area (Å²) in [6.45, 7) is 1.41. The summed E-state index contributed by atoms with van der Waals surface area (Å²) in [6.07, 6.45) is 3.42. The molecule has 0 bridgehead atoms. The van der Waals surface area contributed by atoms with Crippen LogP contribution >= 0.6 is 27.3 Å². The predicted molar refractivity (Wildman–Crippen MR) is 86.2 cm³/mol. The van der Waals surface area contributed by atoms with Crippen LogP contribution < -0.4 is 0 Å². The van der Waals surface area contributed by atoms with E-state index in [0.29, 0.717) is 13.0 Å². The van der Waals surface area contributed by atoms with Gasteiger partial charge in [-0.2, -0.15) is 0 Å². The number of hydrogen-bond acceptors (Lipinski definition) is 4. The lowest BCUT2D eigenvalue weighted by molar-refractivity contribution is -0.128. The number of pyridine rings is 1. The van der Waals surface area contributed by atoms with Crippen molar-refractivity contribution in [1.82, 2.24) is 19.4 Å². The number of carbonyl (C=O) groups excluding carboxylic acids is 1. The minimum Gasteiger partial charge on any atom is -0.335 e. The SMILES string of the molecule is Cn1c(CN2CCCC2=O)nc2cnc3cc(Br)sc3c21. The Bertz CT molecular complexity index is 869.